The normalized spacial score (nSPS) is 10.8. The first-order chi connectivity index (χ1) is 7.95. The lowest BCUT2D eigenvalue weighted by Gasteiger charge is -2.24. The van der Waals surface area contributed by atoms with Crippen molar-refractivity contribution in [2.45, 2.75) is 19.3 Å². The maximum absolute atomic E-state index is 10.3. The maximum Gasteiger partial charge on any atom is 0.260 e. The van der Waals surface area contributed by atoms with Gasteiger partial charge in [-0.25, -0.2) is 0 Å². The summed E-state index contributed by atoms with van der Waals surface area (Å²) in [6.07, 6.45) is 0.700. The molecular formula is C12H14ClNO2S. The summed E-state index contributed by atoms with van der Waals surface area (Å²) in [5, 5.41) is 2.68. The molecule has 0 aliphatic heterocycles. The fraction of sp³-hybridized carbons (Fsp3) is 0.333. The summed E-state index contributed by atoms with van der Waals surface area (Å²) in [4.78, 5) is 10.3. The van der Waals surface area contributed by atoms with E-state index in [2.05, 4.69) is 17.5 Å². The number of nitrogens with one attached hydrogen (secondary N) is 1. The fourth-order valence-corrected chi connectivity index (χ4v) is 1.65. The highest BCUT2D eigenvalue weighted by Crippen LogP contribution is 2.24. The van der Waals surface area contributed by atoms with Gasteiger partial charge in [0.15, 0.2) is 0 Å². The Morgan fingerprint density at radius 2 is 2.06 bits per heavy atom. The molecule has 1 aromatic rings. The van der Waals surface area contributed by atoms with Crippen molar-refractivity contribution < 1.29 is 9.53 Å². The third kappa shape index (κ3) is 4.32. The van der Waals surface area contributed by atoms with E-state index in [1.807, 2.05) is 26.0 Å². The Morgan fingerprint density at radius 1 is 1.47 bits per heavy atom. The summed E-state index contributed by atoms with van der Waals surface area (Å²) in [5.41, 5.74) is 0.959. The molecule has 0 radical (unpaired) electrons. The maximum atomic E-state index is 10.3. The van der Waals surface area contributed by atoms with Gasteiger partial charge in [-0.2, -0.15) is 0 Å². The third-order valence-electron chi connectivity index (χ3n) is 2.46. The second-order valence-electron chi connectivity index (χ2n) is 4.25. The zero-order chi connectivity index (χ0) is 12.9. The largest absolute Gasteiger partial charge is 0.436 e. The van der Waals surface area contributed by atoms with Gasteiger partial charge in [0.1, 0.15) is 5.75 Å². The number of amides is 1. The quantitative estimate of drug-likeness (QED) is 0.508. The molecule has 1 aromatic carbocycles. The van der Waals surface area contributed by atoms with Crippen molar-refractivity contribution in [3.63, 3.8) is 0 Å². The molecule has 1 N–H and O–H groups in total. The summed E-state index contributed by atoms with van der Waals surface area (Å²) in [7, 11) is 0. The molecule has 0 saturated heterocycles. The minimum atomic E-state index is -0.138. The molecule has 0 aliphatic rings. The lowest BCUT2D eigenvalue weighted by molar-refractivity contribution is -0.109. The Kier molecular flexibility index (Phi) is 4.90. The first-order valence-electron chi connectivity index (χ1n) is 5.10. The Labute approximate surface area is 111 Å². The Hall–Kier alpha value is -1.13. The Balaban J connectivity index is 2.78. The van der Waals surface area contributed by atoms with E-state index in [-0.39, 0.29) is 9.92 Å². The number of carbonyl (C=O) groups excluding carboxylic acids is 1. The molecule has 0 unspecified atom stereocenters. The monoisotopic (exact) mass is 271 g/mol. The van der Waals surface area contributed by atoms with Gasteiger partial charge in [0, 0.05) is 12.0 Å². The summed E-state index contributed by atoms with van der Waals surface area (Å²) in [6.45, 7) is 4.67. The number of ether oxygens (including phenoxy) is 1. The molecule has 1 amide bonds. The minimum Gasteiger partial charge on any atom is -0.436 e. The van der Waals surface area contributed by atoms with Gasteiger partial charge in [-0.15, -0.1) is 0 Å². The number of thiocarbonyl (C=S) groups is 1. The van der Waals surface area contributed by atoms with Crippen LogP contribution in [0, 0.1) is 0 Å². The van der Waals surface area contributed by atoms with Crippen LogP contribution in [0.15, 0.2) is 24.3 Å². The van der Waals surface area contributed by atoms with Gasteiger partial charge in [0.05, 0.1) is 0 Å². The lowest BCUT2D eigenvalue weighted by Crippen LogP contribution is -2.32. The van der Waals surface area contributed by atoms with Crippen LogP contribution in [0.1, 0.15) is 19.4 Å². The molecule has 92 valence electrons. The molecule has 3 nitrogen and oxygen atoms in total. The van der Waals surface area contributed by atoms with Gasteiger partial charge in [-0.05, 0) is 41.5 Å². The van der Waals surface area contributed by atoms with Gasteiger partial charge in [-0.3, -0.25) is 4.79 Å². The van der Waals surface area contributed by atoms with Crippen molar-refractivity contribution in [1.29, 1.82) is 0 Å². The summed E-state index contributed by atoms with van der Waals surface area (Å²) < 4.78 is 5.06. The van der Waals surface area contributed by atoms with Crippen molar-refractivity contribution in [3.8, 4) is 5.75 Å². The smallest absolute Gasteiger partial charge is 0.260 e. The predicted octanol–water partition coefficient (Wildman–Crippen LogP) is 2.61. The molecule has 17 heavy (non-hydrogen) atoms. The minimum absolute atomic E-state index is 0.0281. The van der Waals surface area contributed by atoms with Crippen LogP contribution in [0.3, 0.4) is 0 Å². The topological polar surface area (TPSA) is 38.3 Å². The fourth-order valence-electron chi connectivity index (χ4n) is 1.47. The molecule has 5 heteroatoms. The van der Waals surface area contributed by atoms with Gasteiger partial charge < -0.3 is 10.1 Å². The number of hydrogen-bond donors (Lipinski definition) is 1. The molecule has 1 rings (SSSR count). The molecule has 0 spiro atoms. The summed E-state index contributed by atoms with van der Waals surface area (Å²) in [6, 6.07) is 7.45. The highest BCUT2D eigenvalue weighted by Gasteiger charge is 2.19. The molecule has 0 aromatic heterocycles. The van der Waals surface area contributed by atoms with Gasteiger partial charge in [0.25, 0.3) is 4.51 Å². The van der Waals surface area contributed by atoms with E-state index < -0.39 is 0 Å². The molecule has 0 bridgehead atoms. The molecule has 0 saturated carbocycles. The number of carbonyl (C=O) groups is 1. The SMILES string of the molecule is CC(C)(CNC=O)c1ccc(OC(=S)Cl)cc1. The van der Waals surface area contributed by atoms with Crippen molar-refractivity contribution in [2.24, 2.45) is 0 Å². The zero-order valence-corrected chi connectivity index (χ0v) is 11.3. The summed E-state index contributed by atoms with van der Waals surface area (Å²) in [5.74, 6) is 0.605. The zero-order valence-electron chi connectivity index (χ0n) is 9.70. The van der Waals surface area contributed by atoms with E-state index in [9.17, 15) is 4.79 Å². The standard InChI is InChI=1S/C12H14ClNO2S/c1-12(2,7-14-8-15)9-3-5-10(6-4-9)16-11(13)17/h3-6,8H,7H2,1-2H3,(H,14,15). The van der Waals surface area contributed by atoms with Gasteiger partial charge >= 0.3 is 0 Å². The van der Waals surface area contributed by atoms with Crippen LogP contribution in [0.25, 0.3) is 0 Å². The number of benzene rings is 1. The van der Waals surface area contributed by atoms with Gasteiger partial charge in [-0.1, -0.05) is 26.0 Å². The molecule has 0 heterocycles. The Morgan fingerprint density at radius 3 is 2.53 bits per heavy atom. The molecular weight excluding hydrogens is 258 g/mol. The second kappa shape index (κ2) is 5.98. The van der Waals surface area contributed by atoms with E-state index >= 15 is 0 Å². The van der Waals surface area contributed by atoms with Crippen molar-refractivity contribution in [1.82, 2.24) is 5.32 Å². The van der Waals surface area contributed by atoms with Crippen LogP contribution < -0.4 is 10.1 Å². The number of halogens is 1. The van der Waals surface area contributed by atoms with Crippen molar-refractivity contribution >= 4 is 34.7 Å². The highest BCUT2D eigenvalue weighted by molar-refractivity contribution is 7.82. The highest BCUT2D eigenvalue weighted by atomic mass is 35.5. The van der Waals surface area contributed by atoms with Crippen LogP contribution in [-0.2, 0) is 10.2 Å². The van der Waals surface area contributed by atoms with E-state index in [1.165, 1.54) is 0 Å². The first kappa shape index (κ1) is 13.9. The predicted molar refractivity (Wildman–Crippen MR) is 72.6 cm³/mol. The van der Waals surface area contributed by atoms with E-state index in [0.29, 0.717) is 18.7 Å². The van der Waals surface area contributed by atoms with Gasteiger partial charge in [0.2, 0.25) is 6.41 Å². The summed E-state index contributed by atoms with van der Waals surface area (Å²) >= 11 is 10.1. The van der Waals surface area contributed by atoms with Crippen LogP contribution in [0.2, 0.25) is 0 Å². The van der Waals surface area contributed by atoms with E-state index in [1.54, 1.807) is 12.1 Å². The third-order valence-corrected chi connectivity index (χ3v) is 2.62. The van der Waals surface area contributed by atoms with Crippen molar-refractivity contribution in [3.05, 3.63) is 29.8 Å². The average Bonchev–Trinajstić information content (AvgIpc) is 2.26. The second-order valence-corrected chi connectivity index (χ2v) is 5.18. The Bertz CT molecular complexity index is 403. The average molecular weight is 272 g/mol. The molecule has 0 aliphatic carbocycles. The number of rotatable bonds is 5. The molecule has 0 fully saturated rings. The number of hydrogen-bond acceptors (Lipinski definition) is 3. The van der Waals surface area contributed by atoms with Crippen LogP contribution in [0.4, 0.5) is 0 Å². The first-order valence-corrected chi connectivity index (χ1v) is 5.89. The van der Waals surface area contributed by atoms with E-state index in [4.69, 9.17) is 16.3 Å². The lowest BCUT2D eigenvalue weighted by atomic mass is 9.84. The van der Waals surface area contributed by atoms with Crippen LogP contribution in [0.5, 0.6) is 5.75 Å². The molecule has 0 atom stereocenters. The van der Waals surface area contributed by atoms with Crippen LogP contribution in [-0.4, -0.2) is 17.5 Å². The van der Waals surface area contributed by atoms with Crippen molar-refractivity contribution in [2.75, 3.05) is 6.54 Å². The van der Waals surface area contributed by atoms with E-state index in [0.717, 1.165) is 5.56 Å². The van der Waals surface area contributed by atoms with Crippen LogP contribution >= 0.6 is 23.8 Å².